The van der Waals surface area contributed by atoms with Gasteiger partial charge in [-0.1, -0.05) is 6.07 Å². The molecule has 0 aliphatic heterocycles. The van der Waals surface area contributed by atoms with E-state index in [1.807, 2.05) is 13.0 Å². The van der Waals surface area contributed by atoms with Gasteiger partial charge in [-0.25, -0.2) is 9.37 Å². The van der Waals surface area contributed by atoms with Gasteiger partial charge in [-0.15, -0.1) is 11.3 Å². The molecule has 0 bridgehead atoms. The number of carbonyl (C=O) groups excluding carboxylic acids is 1. The third kappa shape index (κ3) is 3.33. The van der Waals surface area contributed by atoms with E-state index in [9.17, 15) is 9.18 Å². The minimum absolute atomic E-state index is 0.356. The van der Waals surface area contributed by atoms with Gasteiger partial charge < -0.3 is 15.8 Å². The quantitative estimate of drug-likeness (QED) is 0.737. The van der Waals surface area contributed by atoms with E-state index >= 15 is 0 Å². The van der Waals surface area contributed by atoms with E-state index in [4.69, 9.17) is 10.5 Å². The molecule has 0 saturated carbocycles. The first kappa shape index (κ1) is 17.3. The summed E-state index contributed by atoms with van der Waals surface area (Å²) < 4.78 is 18.7. The molecule has 5 nitrogen and oxygen atoms in total. The Labute approximate surface area is 148 Å². The standard InChI is InChI=1S/C18H18FN3O2S/c1-9-4-5-12(19)7-13(9)22-17(23)16-15(20)14-11(8-24-3)6-10(2)21-18(14)25-16/h4-7H,8,20H2,1-3H3,(H,22,23). The number of halogens is 1. The molecule has 7 heteroatoms. The molecule has 1 amide bonds. The molecule has 0 spiro atoms. The maximum absolute atomic E-state index is 13.4. The van der Waals surface area contributed by atoms with Crippen molar-refractivity contribution in [1.82, 2.24) is 4.98 Å². The van der Waals surface area contributed by atoms with Crippen LogP contribution in [0.4, 0.5) is 15.8 Å². The van der Waals surface area contributed by atoms with Crippen molar-refractivity contribution in [3.8, 4) is 0 Å². The first-order valence-corrected chi connectivity index (χ1v) is 8.47. The Balaban J connectivity index is 2.03. The predicted octanol–water partition coefficient (Wildman–Crippen LogP) is 4.03. The minimum Gasteiger partial charge on any atom is -0.397 e. The number of methoxy groups -OCH3 is 1. The molecule has 3 N–H and O–H groups in total. The van der Waals surface area contributed by atoms with E-state index in [2.05, 4.69) is 10.3 Å². The van der Waals surface area contributed by atoms with Gasteiger partial charge in [0.25, 0.3) is 5.91 Å². The molecule has 0 unspecified atom stereocenters. The fourth-order valence-electron chi connectivity index (χ4n) is 2.68. The zero-order chi connectivity index (χ0) is 18.1. The highest BCUT2D eigenvalue weighted by Gasteiger charge is 2.20. The van der Waals surface area contributed by atoms with Crippen molar-refractivity contribution >= 4 is 38.8 Å². The Hall–Kier alpha value is -2.51. The number of fused-ring (bicyclic) bond motifs is 1. The summed E-state index contributed by atoms with van der Waals surface area (Å²) in [5, 5.41) is 3.46. The second-order valence-electron chi connectivity index (χ2n) is 5.79. The van der Waals surface area contributed by atoms with Gasteiger partial charge in [0.05, 0.1) is 12.3 Å². The molecule has 2 aromatic heterocycles. The van der Waals surface area contributed by atoms with E-state index in [1.54, 1.807) is 20.1 Å². The summed E-state index contributed by atoms with van der Waals surface area (Å²) in [7, 11) is 1.60. The van der Waals surface area contributed by atoms with E-state index in [1.165, 1.54) is 23.5 Å². The Morgan fingerprint density at radius 1 is 1.36 bits per heavy atom. The summed E-state index contributed by atoms with van der Waals surface area (Å²) >= 11 is 1.22. The highest BCUT2D eigenvalue weighted by molar-refractivity contribution is 7.21. The van der Waals surface area contributed by atoms with Crippen LogP contribution in [0.15, 0.2) is 24.3 Å². The average molecular weight is 359 g/mol. The van der Waals surface area contributed by atoms with Crippen LogP contribution in [-0.4, -0.2) is 18.0 Å². The fourth-order valence-corrected chi connectivity index (χ4v) is 3.77. The number of anilines is 2. The number of benzene rings is 1. The summed E-state index contributed by atoms with van der Waals surface area (Å²) in [6.45, 7) is 4.06. The van der Waals surface area contributed by atoms with Crippen molar-refractivity contribution in [1.29, 1.82) is 0 Å². The summed E-state index contributed by atoms with van der Waals surface area (Å²) in [5.74, 6) is -0.792. The van der Waals surface area contributed by atoms with Crippen molar-refractivity contribution < 1.29 is 13.9 Å². The molecule has 0 saturated heterocycles. The molecular weight excluding hydrogens is 341 g/mol. The van der Waals surface area contributed by atoms with Crippen molar-refractivity contribution in [3.63, 3.8) is 0 Å². The van der Waals surface area contributed by atoms with Crippen LogP contribution in [0, 0.1) is 19.7 Å². The van der Waals surface area contributed by atoms with Gasteiger partial charge in [0.1, 0.15) is 15.5 Å². The summed E-state index contributed by atoms with van der Waals surface area (Å²) in [6.07, 6.45) is 0. The maximum atomic E-state index is 13.4. The highest BCUT2D eigenvalue weighted by Crippen LogP contribution is 2.36. The van der Waals surface area contributed by atoms with Crippen LogP contribution in [0.1, 0.15) is 26.5 Å². The number of ether oxygens (including phenoxy) is 1. The maximum Gasteiger partial charge on any atom is 0.267 e. The topological polar surface area (TPSA) is 77.2 Å². The molecule has 0 radical (unpaired) electrons. The molecule has 0 atom stereocenters. The Bertz CT molecular complexity index is 969. The zero-order valence-corrected chi connectivity index (χ0v) is 15.0. The second-order valence-corrected chi connectivity index (χ2v) is 6.79. The number of nitrogens with one attached hydrogen (secondary N) is 1. The number of nitrogens with zero attached hydrogens (tertiary/aromatic N) is 1. The Morgan fingerprint density at radius 2 is 2.12 bits per heavy atom. The first-order valence-electron chi connectivity index (χ1n) is 7.65. The summed E-state index contributed by atoms with van der Waals surface area (Å²) in [6, 6.07) is 6.14. The normalized spacial score (nSPS) is 11.0. The lowest BCUT2D eigenvalue weighted by molar-refractivity contribution is 0.103. The van der Waals surface area contributed by atoms with Crippen LogP contribution in [0.25, 0.3) is 10.2 Å². The van der Waals surface area contributed by atoms with Gasteiger partial charge in [0.15, 0.2) is 0 Å². The number of hydrogen-bond acceptors (Lipinski definition) is 5. The average Bonchev–Trinajstić information content (AvgIpc) is 2.88. The van der Waals surface area contributed by atoms with Crippen LogP contribution >= 0.6 is 11.3 Å². The number of nitrogen functional groups attached to an aromatic ring is 1. The van der Waals surface area contributed by atoms with Gasteiger partial charge in [0, 0.05) is 23.9 Å². The number of rotatable bonds is 4. The molecule has 0 fully saturated rings. The molecule has 0 aliphatic carbocycles. The van der Waals surface area contributed by atoms with Crippen LogP contribution in [0.5, 0.6) is 0 Å². The van der Waals surface area contributed by atoms with E-state index in [-0.39, 0.29) is 5.91 Å². The zero-order valence-electron chi connectivity index (χ0n) is 14.1. The van der Waals surface area contributed by atoms with Crippen LogP contribution in [0.2, 0.25) is 0 Å². The third-order valence-corrected chi connectivity index (χ3v) is 4.96. The van der Waals surface area contributed by atoms with Crippen LogP contribution in [-0.2, 0) is 11.3 Å². The van der Waals surface area contributed by atoms with Crippen LogP contribution in [0.3, 0.4) is 0 Å². The van der Waals surface area contributed by atoms with Crippen molar-refractivity contribution in [2.24, 2.45) is 0 Å². The number of aromatic nitrogens is 1. The number of aryl methyl sites for hydroxylation is 2. The number of nitrogens with two attached hydrogens (primary N) is 1. The smallest absolute Gasteiger partial charge is 0.267 e. The number of carbonyl (C=O) groups is 1. The molecule has 2 heterocycles. The number of amides is 1. The molecule has 25 heavy (non-hydrogen) atoms. The third-order valence-electron chi connectivity index (χ3n) is 3.86. The lowest BCUT2D eigenvalue weighted by Crippen LogP contribution is -2.13. The monoisotopic (exact) mass is 359 g/mol. The van der Waals surface area contributed by atoms with Gasteiger partial charge in [-0.2, -0.15) is 0 Å². The van der Waals surface area contributed by atoms with E-state index in [0.29, 0.717) is 27.7 Å². The van der Waals surface area contributed by atoms with E-state index in [0.717, 1.165) is 22.2 Å². The molecule has 130 valence electrons. The SMILES string of the molecule is COCc1cc(C)nc2sc(C(=O)Nc3cc(F)ccc3C)c(N)c12. The highest BCUT2D eigenvalue weighted by atomic mass is 32.1. The largest absolute Gasteiger partial charge is 0.397 e. The summed E-state index contributed by atoms with van der Waals surface area (Å²) in [5.41, 5.74) is 9.49. The molecule has 3 rings (SSSR count). The summed E-state index contributed by atoms with van der Waals surface area (Å²) in [4.78, 5) is 18.2. The first-order chi connectivity index (χ1) is 11.9. The van der Waals surface area contributed by atoms with Gasteiger partial charge in [0.2, 0.25) is 0 Å². The number of hydrogen-bond donors (Lipinski definition) is 2. The van der Waals surface area contributed by atoms with Crippen LogP contribution < -0.4 is 11.1 Å². The van der Waals surface area contributed by atoms with E-state index < -0.39 is 5.82 Å². The molecular formula is C18H18FN3O2S. The minimum atomic E-state index is -0.412. The predicted molar refractivity (Wildman–Crippen MR) is 98.6 cm³/mol. The van der Waals surface area contributed by atoms with Crippen molar-refractivity contribution in [3.05, 3.63) is 51.8 Å². The molecule has 3 aromatic rings. The van der Waals surface area contributed by atoms with Crippen molar-refractivity contribution in [2.75, 3.05) is 18.2 Å². The fraction of sp³-hybridized carbons (Fsp3) is 0.222. The lowest BCUT2D eigenvalue weighted by atomic mass is 10.1. The Kier molecular flexibility index (Phi) is 4.69. The second kappa shape index (κ2) is 6.78. The Morgan fingerprint density at radius 3 is 2.84 bits per heavy atom. The lowest BCUT2D eigenvalue weighted by Gasteiger charge is -2.08. The number of pyridine rings is 1. The van der Waals surface area contributed by atoms with Gasteiger partial charge in [-0.3, -0.25) is 4.79 Å². The molecule has 0 aliphatic rings. The molecule has 1 aromatic carbocycles. The van der Waals surface area contributed by atoms with Gasteiger partial charge >= 0.3 is 0 Å². The van der Waals surface area contributed by atoms with Crippen molar-refractivity contribution in [2.45, 2.75) is 20.5 Å². The van der Waals surface area contributed by atoms with Gasteiger partial charge in [-0.05, 0) is 43.2 Å². The number of thiophene rings is 1.